The SMILES string of the molecule is O=C(O)c1ccc(-n2nc(-c3ccccc3O)nc2-c2ccccc2O)cc1.O=C(O)c1ccc(-n2nc(-c3ccccc3O)nc2-c2ccccc2O)cc1. The number of aromatic hydroxyl groups is 4. The molecule has 8 rings (SSSR count). The first-order valence-electron chi connectivity index (χ1n) is 16.8. The average molecular weight is 747 g/mol. The molecule has 14 nitrogen and oxygen atoms in total. The molecule has 56 heavy (non-hydrogen) atoms. The number of rotatable bonds is 8. The highest BCUT2D eigenvalue weighted by Gasteiger charge is 2.21. The van der Waals surface area contributed by atoms with Crippen LogP contribution >= 0.6 is 0 Å². The van der Waals surface area contributed by atoms with E-state index in [0.717, 1.165) is 0 Å². The van der Waals surface area contributed by atoms with E-state index >= 15 is 0 Å². The minimum absolute atomic E-state index is 0.0298. The molecule has 0 atom stereocenters. The number of nitrogens with zero attached hydrogens (tertiary/aromatic N) is 6. The Kier molecular flexibility index (Phi) is 9.92. The van der Waals surface area contributed by atoms with E-state index in [1.165, 1.54) is 45.8 Å². The van der Waals surface area contributed by atoms with E-state index < -0.39 is 11.9 Å². The number of aromatic nitrogens is 6. The van der Waals surface area contributed by atoms with Gasteiger partial charge in [0.15, 0.2) is 23.3 Å². The molecule has 0 saturated heterocycles. The van der Waals surface area contributed by atoms with E-state index in [2.05, 4.69) is 20.2 Å². The Balaban J connectivity index is 0.000000172. The maximum absolute atomic E-state index is 11.1. The van der Waals surface area contributed by atoms with Crippen LogP contribution in [0.3, 0.4) is 0 Å². The van der Waals surface area contributed by atoms with Crippen molar-refractivity contribution in [1.29, 1.82) is 0 Å². The van der Waals surface area contributed by atoms with E-state index in [-0.39, 0.29) is 45.8 Å². The topological polar surface area (TPSA) is 217 Å². The van der Waals surface area contributed by atoms with Gasteiger partial charge in [0.2, 0.25) is 0 Å². The molecule has 276 valence electrons. The fraction of sp³-hybridized carbons (Fsp3) is 0. The minimum Gasteiger partial charge on any atom is -0.507 e. The molecule has 0 spiro atoms. The largest absolute Gasteiger partial charge is 0.507 e. The second-order valence-electron chi connectivity index (χ2n) is 12.1. The second-order valence-corrected chi connectivity index (χ2v) is 12.1. The summed E-state index contributed by atoms with van der Waals surface area (Å²) in [4.78, 5) is 31.3. The summed E-state index contributed by atoms with van der Waals surface area (Å²) in [5, 5.41) is 68.1. The molecule has 2 heterocycles. The first kappa shape index (κ1) is 36.1. The Morgan fingerprint density at radius 1 is 0.393 bits per heavy atom. The number of hydrogen-bond donors (Lipinski definition) is 6. The van der Waals surface area contributed by atoms with Crippen LogP contribution in [0.15, 0.2) is 146 Å². The van der Waals surface area contributed by atoms with Crippen molar-refractivity contribution in [1.82, 2.24) is 29.5 Å². The molecule has 0 aliphatic rings. The highest BCUT2D eigenvalue weighted by atomic mass is 16.4. The van der Waals surface area contributed by atoms with E-state index in [1.54, 1.807) is 109 Å². The molecule has 6 aromatic carbocycles. The Bertz CT molecular complexity index is 2520. The number of carboxylic acid groups (broad SMARTS) is 2. The van der Waals surface area contributed by atoms with Crippen LogP contribution in [0.25, 0.3) is 56.9 Å². The van der Waals surface area contributed by atoms with Crippen molar-refractivity contribution in [2.45, 2.75) is 0 Å². The zero-order valence-corrected chi connectivity index (χ0v) is 29.0. The van der Waals surface area contributed by atoms with Gasteiger partial charge in [-0.3, -0.25) is 0 Å². The van der Waals surface area contributed by atoms with Crippen LogP contribution in [-0.4, -0.2) is 72.1 Å². The van der Waals surface area contributed by atoms with Crippen LogP contribution in [0.5, 0.6) is 23.0 Å². The van der Waals surface area contributed by atoms with Gasteiger partial charge in [0.1, 0.15) is 23.0 Å². The molecule has 2 aromatic heterocycles. The molecule has 0 amide bonds. The number of para-hydroxylation sites is 4. The van der Waals surface area contributed by atoms with Gasteiger partial charge in [-0.2, -0.15) is 0 Å². The molecule has 0 radical (unpaired) electrons. The lowest BCUT2D eigenvalue weighted by Crippen LogP contribution is -2.02. The van der Waals surface area contributed by atoms with Gasteiger partial charge in [0, 0.05) is 0 Å². The zero-order valence-electron chi connectivity index (χ0n) is 29.0. The Hall–Kier alpha value is -8.26. The lowest BCUT2D eigenvalue weighted by atomic mass is 10.1. The van der Waals surface area contributed by atoms with Crippen molar-refractivity contribution in [3.8, 4) is 79.9 Å². The van der Waals surface area contributed by atoms with Gasteiger partial charge in [0.05, 0.1) is 44.8 Å². The highest BCUT2D eigenvalue weighted by molar-refractivity contribution is 5.88. The summed E-state index contributed by atoms with van der Waals surface area (Å²) >= 11 is 0. The monoisotopic (exact) mass is 746 g/mol. The summed E-state index contributed by atoms with van der Waals surface area (Å²) in [7, 11) is 0. The van der Waals surface area contributed by atoms with Crippen molar-refractivity contribution < 1.29 is 40.2 Å². The number of phenolic OH excluding ortho intramolecular Hbond substituents is 4. The van der Waals surface area contributed by atoms with Crippen molar-refractivity contribution in [3.05, 3.63) is 157 Å². The molecular formula is C42H30N6O8. The fourth-order valence-electron chi connectivity index (χ4n) is 5.70. The summed E-state index contributed by atoms with van der Waals surface area (Å²) in [6.45, 7) is 0. The fourth-order valence-corrected chi connectivity index (χ4v) is 5.70. The molecule has 0 aliphatic carbocycles. The first-order valence-corrected chi connectivity index (χ1v) is 16.8. The Morgan fingerprint density at radius 3 is 0.964 bits per heavy atom. The van der Waals surface area contributed by atoms with Gasteiger partial charge >= 0.3 is 11.9 Å². The quantitative estimate of drug-likeness (QED) is 0.0895. The standard InChI is InChI=1S/2C21H15N3O4/c2*25-17-7-3-1-5-15(17)19-22-20(16-6-2-4-8-18(16)26)24(23-19)14-11-9-13(10-12-14)21(27)28/h2*1-12,25-26H,(H,27,28). The summed E-state index contributed by atoms with van der Waals surface area (Å²) in [6, 6.07) is 39.1. The molecule has 8 aromatic rings. The minimum atomic E-state index is -1.03. The van der Waals surface area contributed by atoms with Crippen LogP contribution in [0.4, 0.5) is 0 Å². The van der Waals surface area contributed by atoms with Gasteiger partial charge < -0.3 is 30.6 Å². The van der Waals surface area contributed by atoms with Crippen LogP contribution in [0.1, 0.15) is 20.7 Å². The zero-order chi connectivity index (χ0) is 39.3. The Labute approximate surface area is 317 Å². The van der Waals surface area contributed by atoms with Crippen LogP contribution in [0.2, 0.25) is 0 Å². The lowest BCUT2D eigenvalue weighted by Gasteiger charge is -2.07. The summed E-state index contributed by atoms with van der Waals surface area (Å²) in [5.74, 6) is -0.656. The third-order valence-corrected chi connectivity index (χ3v) is 8.51. The van der Waals surface area contributed by atoms with Crippen molar-refractivity contribution in [3.63, 3.8) is 0 Å². The molecule has 0 unspecified atom stereocenters. The van der Waals surface area contributed by atoms with E-state index in [1.807, 2.05) is 0 Å². The third kappa shape index (κ3) is 7.33. The van der Waals surface area contributed by atoms with Crippen molar-refractivity contribution in [2.75, 3.05) is 0 Å². The lowest BCUT2D eigenvalue weighted by molar-refractivity contribution is 0.0686. The van der Waals surface area contributed by atoms with Gasteiger partial charge in [0.25, 0.3) is 0 Å². The number of aromatic carboxylic acids is 2. The smallest absolute Gasteiger partial charge is 0.335 e. The molecule has 0 fully saturated rings. The van der Waals surface area contributed by atoms with Gasteiger partial charge in [-0.1, -0.05) is 48.5 Å². The molecule has 0 bridgehead atoms. The van der Waals surface area contributed by atoms with Gasteiger partial charge in [-0.05, 0) is 97.1 Å². The third-order valence-electron chi connectivity index (χ3n) is 8.51. The number of carboxylic acids is 2. The number of hydrogen-bond acceptors (Lipinski definition) is 10. The van der Waals surface area contributed by atoms with Crippen molar-refractivity contribution in [2.24, 2.45) is 0 Å². The van der Waals surface area contributed by atoms with Crippen molar-refractivity contribution >= 4 is 11.9 Å². The van der Waals surface area contributed by atoms with Crippen LogP contribution in [-0.2, 0) is 0 Å². The predicted octanol–water partition coefficient (Wildman–Crippen LogP) is 7.42. The summed E-state index contributed by atoms with van der Waals surface area (Å²) in [6.07, 6.45) is 0. The van der Waals surface area contributed by atoms with E-state index in [0.29, 0.717) is 45.3 Å². The number of carbonyl (C=O) groups is 2. The van der Waals surface area contributed by atoms with Crippen LogP contribution in [0, 0.1) is 0 Å². The normalized spacial score (nSPS) is 10.7. The number of benzene rings is 6. The Morgan fingerprint density at radius 2 is 0.679 bits per heavy atom. The maximum atomic E-state index is 11.1. The molecule has 14 heteroatoms. The number of phenols is 4. The van der Waals surface area contributed by atoms with Crippen LogP contribution < -0.4 is 0 Å². The van der Waals surface area contributed by atoms with Gasteiger partial charge in [-0.25, -0.2) is 28.9 Å². The van der Waals surface area contributed by atoms with E-state index in [9.17, 15) is 30.0 Å². The van der Waals surface area contributed by atoms with Gasteiger partial charge in [-0.15, -0.1) is 10.2 Å². The average Bonchev–Trinajstić information content (AvgIpc) is 3.85. The van der Waals surface area contributed by atoms with E-state index in [4.69, 9.17) is 10.2 Å². The first-order chi connectivity index (χ1) is 27.1. The second kappa shape index (κ2) is 15.4. The molecule has 0 saturated carbocycles. The predicted molar refractivity (Wildman–Crippen MR) is 205 cm³/mol. The summed E-state index contributed by atoms with van der Waals surface area (Å²) < 4.78 is 3.00. The molecular weight excluding hydrogens is 716 g/mol. The molecule has 0 aliphatic heterocycles. The highest BCUT2D eigenvalue weighted by Crippen LogP contribution is 2.35. The summed E-state index contributed by atoms with van der Waals surface area (Å²) in [5.41, 5.74) is 3.23. The molecule has 6 N–H and O–H groups in total. The maximum Gasteiger partial charge on any atom is 0.335 e.